The number of nitrogens with zero attached hydrogens (tertiary/aromatic N) is 1. The van der Waals surface area contributed by atoms with Gasteiger partial charge in [-0.25, -0.2) is 4.98 Å². The number of nitrogens with two attached hydrogens (primary N) is 1. The van der Waals surface area contributed by atoms with Crippen molar-refractivity contribution in [3.8, 4) is 0 Å². The van der Waals surface area contributed by atoms with Crippen LogP contribution in [0.5, 0.6) is 0 Å². The summed E-state index contributed by atoms with van der Waals surface area (Å²) < 4.78 is 0. The third-order valence-corrected chi connectivity index (χ3v) is 2.38. The van der Waals surface area contributed by atoms with Crippen LogP contribution in [0.3, 0.4) is 0 Å². The maximum absolute atomic E-state index is 11.4. The van der Waals surface area contributed by atoms with Gasteiger partial charge in [0.1, 0.15) is 5.82 Å². The highest BCUT2D eigenvalue weighted by Gasteiger charge is 2.22. The Labute approximate surface area is 94.4 Å². The van der Waals surface area contributed by atoms with Crippen LogP contribution in [-0.4, -0.2) is 23.5 Å². The lowest BCUT2D eigenvalue weighted by atomic mass is 10.3. The van der Waals surface area contributed by atoms with Crippen LogP contribution in [0.1, 0.15) is 19.3 Å². The molecule has 0 bridgehead atoms. The van der Waals surface area contributed by atoms with E-state index in [2.05, 4.69) is 15.6 Å². The fourth-order valence-electron chi connectivity index (χ4n) is 1.38. The van der Waals surface area contributed by atoms with Crippen molar-refractivity contribution >= 4 is 17.4 Å². The van der Waals surface area contributed by atoms with E-state index in [-0.39, 0.29) is 5.91 Å². The summed E-state index contributed by atoms with van der Waals surface area (Å²) in [5.41, 5.74) is 6.27. The molecule has 1 aliphatic rings. The summed E-state index contributed by atoms with van der Waals surface area (Å²) in [7, 11) is 0. The van der Waals surface area contributed by atoms with E-state index >= 15 is 0 Å². The predicted molar refractivity (Wildman–Crippen MR) is 62.9 cm³/mol. The van der Waals surface area contributed by atoms with E-state index in [0.29, 0.717) is 30.5 Å². The normalized spacial score (nSPS) is 14.5. The van der Waals surface area contributed by atoms with Crippen LogP contribution in [0.2, 0.25) is 0 Å². The second-order valence-corrected chi connectivity index (χ2v) is 3.99. The van der Waals surface area contributed by atoms with Crippen LogP contribution in [0, 0.1) is 0 Å². The molecule has 0 spiro atoms. The van der Waals surface area contributed by atoms with Gasteiger partial charge in [0.25, 0.3) is 0 Å². The number of hydrogen-bond acceptors (Lipinski definition) is 4. The number of rotatable bonds is 5. The van der Waals surface area contributed by atoms with Gasteiger partial charge < -0.3 is 16.4 Å². The Morgan fingerprint density at radius 1 is 1.56 bits per heavy atom. The number of anilines is 2. The third-order valence-electron chi connectivity index (χ3n) is 2.38. The van der Waals surface area contributed by atoms with E-state index in [1.807, 2.05) is 0 Å². The number of carbonyl (C=O) groups excluding carboxylic acids is 1. The second kappa shape index (κ2) is 4.83. The summed E-state index contributed by atoms with van der Waals surface area (Å²) in [5.74, 6) is 0.804. The minimum Gasteiger partial charge on any atom is -0.399 e. The first kappa shape index (κ1) is 10.7. The Balaban J connectivity index is 1.68. The van der Waals surface area contributed by atoms with Gasteiger partial charge in [-0.2, -0.15) is 0 Å². The molecule has 86 valence electrons. The van der Waals surface area contributed by atoms with Gasteiger partial charge in [-0.05, 0) is 18.9 Å². The molecule has 1 heterocycles. The van der Waals surface area contributed by atoms with E-state index in [1.54, 1.807) is 18.3 Å². The van der Waals surface area contributed by atoms with E-state index in [9.17, 15) is 4.79 Å². The average Bonchev–Trinajstić information content (AvgIpc) is 3.02. The first-order valence-electron chi connectivity index (χ1n) is 5.49. The van der Waals surface area contributed by atoms with Crippen molar-refractivity contribution in [2.75, 3.05) is 17.6 Å². The van der Waals surface area contributed by atoms with Crippen LogP contribution in [0.4, 0.5) is 11.5 Å². The smallest absolute Gasteiger partial charge is 0.221 e. The van der Waals surface area contributed by atoms with Crippen LogP contribution < -0.4 is 16.4 Å². The summed E-state index contributed by atoms with van der Waals surface area (Å²) in [5, 5.41) is 5.99. The zero-order chi connectivity index (χ0) is 11.4. The Morgan fingerprint density at radius 3 is 3.06 bits per heavy atom. The van der Waals surface area contributed by atoms with Crippen molar-refractivity contribution < 1.29 is 4.79 Å². The van der Waals surface area contributed by atoms with Crippen molar-refractivity contribution in [3.63, 3.8) is 0 Å². The van der Waals surface area contributed by atoms with E-state index < -0.39 is 0 Å². The molecule has 0 aliphatic heterocycles. The maximum atomic E-state index is 11.4. The molecule has 0 radical (unpaired) electrons. The quantitative estimate of drug-likeness (QED) is 0.684. The SMILES string of the molecule is Nc1ccnc(NCCC(=O)NC2CC2)c1. The van der Waals surface area contributed by atoms with E-state index in [4.69, 9.17) is 5.73 Å². The molecule has 16 heavy (non-hydrogen) atoms. The zero-order valence-electron chi connectivity index (χ0n) is 9.07. The van der Waals surface area contributed by atoms with Crippen LogP contribution in [-0.2, 0) is 4.79 Å². The molecule has 5 heteroatoms. The monoisotopic (exact) mass is 220 g/mol. The van der Waals surface area contributed by atoms with Gasteiger partial charge in [0, 0.05) is 37.0 Å². The summed E-state index contributed by atoms with van der Waals surface area (Å²) in [6, 6.07) is 3.90. The Bertz CT molecular complexity index is 376. The molecule has 1 amide bonds. The molecule has 0 unspecified atom stereocenters. The number of carbonyl (C=O) groups is 1. The van der Waals surface area contributed by atoms with Gasteiger partial charge >= 0.3 is 0 Å². The van der Waals surface area contributed by atoms with Gasteiger partial charge in [-0.3, -0.25) is 4.79 Å². The van der Waals surface area contributed by atoms with Gasteiger partial charge in [0.15, 0.2) is 0 Å². The molecular formula is C11H16N4O. The maximum Gasteiger partial charge on any atom is 0.221 e. The number of aromatic nitrogens is 1. The fraction of sp³-hybridized carbons (Fsp3) is 0.455. The lowest BCUT2D eigenvalue weighted by molar-refractivity contribution is -0.120. The van der Waals surface area contributed by atoms with Crippen molar-refractivity contribution in [2.24, 2.45) is 0 Å². The molecule has 4 N–H and O–H groups in total. The third kappa shape index (κ3) is 3.42. The molecule has 1 aromatic rings. The highest BCUT2D eigenvalue weighted by atomic mass is 16.1. The molecule has 1 aromatic heterocycles. The molecule has 1 saturated carbocycles. The minimum atomic E-state index is 0.0962. The van der Waals surface area contributed by atoms with Gasteiger partial charge in [0.2, 0.25) is 5.91 Å². The Kier molecular flexibility index (Phi) is 3.24. The van der Waals surface area contributed by atoms with E-state index in [0.717, 1.165) is 12.8 Å². The zero-order valence-corrected chi connectivity index (χ0v) is 9.07. The summed E-state index contributed by atoms with van der Waals surface area (Å²) in [4.78, 5) is 15.4. The van der Waals surface area contributed by atoms with Crippen molar-refractivity contribution in [2.45, 2.75) is 25.3 Å². The second-order valence-electron chi connectivity index (χ2n) is 3.99. The van der Waals surface area contributed by atoms with Crippen LogP contribution in [0.25, 0.3) is 0 Å². The Morgan fingerprint density at radius 2 is 2.38 bits per heavy atom. The Hall–Kier alpha value is -1.78. The number of hydrogen-bond donors (Lipinski definition) is 3. The highest BCUT2D eigenvalue weighted by molar-refractivity contribution is 5.77. The number of nitrogens with one attached hydrogen (secondary N) is 2. The summed E-state index contributed by atoms with van der Waals surface area (Å²) >= 11 is 0. The predicted octanol–water partition coefficient (Wildman–Crippen LogP) is 0.744. The lowest BCUT2D eigenvalue weighted by Gasteiger charge is -2.06. The van der Waals surface area contributed by atoms with Crippen LogP contribution in [0.15, 0.2) is 18.3 Å². The first-order valence-corrected chi connectivity index (χ1v) is 5.49. The first-order chi connectivity index (χ1) is 7.74. The molecule has 0 aromatic carbocycles. The van der Waals surface area contributed by atoms with Crippen molar-refractivity contribution in [1.29, 1.82) is 0 Å². The number of pyridine rings is 1. The topological polar surface area (TPSA) is 80.0 Å². The lowest BCUT2D eigenvalue weighted by Crippen LogP contribution is -2.27. The van der Waals surface area contributed by atoms with Crippen molar-refractivity contribution in [1.82, 2.24) is 10.3 Å². The van der Waals surface area contributed by atoms with Gasteiger partial charge in [0.05, 0.1) is 0 Å². The average molecular weight is 220 g/mol. The fourth-order valence-corrected chi connectivity index (χ4v) is 1.38. The van der Waals surface area contributed by atoms with Gasteiger partial charge in [-0.1, -0.05) is 0 Å². The van der Waals surface area contributed by atoms with E-state index in [1.165, 1.54) is 0 Å². The number of amides is 1. The van der Waals surface area contributed by atoms with Crippen LogP contribution >= 0.6 is 0 Å². The largest absolute Gasteiger partial charge is 0.399 e. The van der Waals surface area contributed by atoms with Crippen molar-refractivity contribution in [3.05, 3.63) is 18.3 Å². The molecule has 1 aliphatic carbocycles. The molecule has 5 nitrogen and oxygen atoms in total. The molecular weight excluding hydrogens is 204 g/mol. The minimum absolute atomic E-state index is 0.0962. The summed E-state index contributed by atoms with van der Waals surface area (Å²) in [6.45, 7) is 0.578. The summed E-state index contributed by atoms with van der Waals surface area (Å²) in [6.07, 6.45) is 4.35. The molecule has 0 atom stereocenters. The standard InChI is InChI=1S/C11H16N4O/c12-8-3-5-13-10(7-8)14-6-4-11(16)15-9-1-2-9/h3,5,7,9H,1-2,4,6H2,(H,15,16)(H3,12,13,14). The molecule has 1 fully saturated rings. The van der Waals surface area contributed by atoms with Gasteiger partial charge in [-0.15, -0.1) is 0 Å². The molecule has 0 saturated heterocycles. The molecule has 2 rings (SSSR count). The number of nitrogen functional groups attached to an aromatic ring is 1. The highest BCUT2D eigenvalue weighted by Crippen LogP contribution is 2.18.